The highest BCUT2D eigenvalue weighted by Crippen LogP contribution is 2.47. The maximum absolute atomic E-state index is 14.7. The molecule has 9 heteroatoms. The number of methoxy groups -OCH3 is 1. The number of alkyl halides is 3. The monoisotopic (exact) mass is 480 g/mol. The molecule has 34 heavy (non-hydrogen) atoms. The van der Waals surface area contributed by atoms with Crippen LogP contribution in [0.2, 0.25) is 0 Å². The molecule has 1 unspecified atom stereocenters. The van der Waals surface area contributed by atoms with Crippen LogP contribution in [0.25, 0.3) is 0 Å². The lowest BCUT2D eigenvalue weighted by Crippen LogP contribution is -2.66. The van der Waals surface area contributed by atoms with E-state index in [0.717, 1.165) is 36.8 Å². The summed E-state index contributed by atoms with van der Waals surface area (Å²) in [6.07, 6.45) is -1.78. The minimum Gasteiger partial charge on any atom is -0.466 e. The first kappa shape index (κ1) is 25.8. The average molecular weight is 481 g/mol. The average Bonchev–Trinajstić information content (AvgIpc) is 3.00. The third-order valence-electron chi connectivity index (χ3n) is 6.71. The summed E-state index contributed by atoms with van der Waals surface area (Å²) in [6.45, 7) is 7.20. The lowest BCUT2D eigenvalue weighted by molar-refractivity contribution is -0.193. The van der Waals surface area contributed by atoms with Gasteiger partial charge in [0.2, 0.25) is 0 Å². The molecule has 0 radical (unpaired) electrons. The Morgan fingerprint density at radius 3 is 2.09 bits per heavy atom. The van der Waals surface area contributed by atoms with Gasteiger partial charge in [0, 0.05) is 17.3 Å². The normalized spacial score (nSPS) is 22.2. The van der Waals surface area contributed by atoms with Gasteiger partial charge in [0.15, 0.2) is 0 Å². The number of halogens is 3. The van der Waals surface area contributed by atoms with Crippen LogP contribution in [0.1, 0.15) is 75.7 Å². The van der Waals surface area contributed by atoms with Crippen molar-refractivity contribution in [3.05, 3.63) is 46.7 Å². The number of nitrogens with one attached hydrogen (secondary N) is 1. The number of nitrogens with zero attached hydrogens (tertiary/aromatic N) is 1. The van der Waals surface area contributed by atoms with Gasteiger partial charge >= 0.3 is 12.1 Å². The summed E-state index contributed by atoms with van der Waals surface area (Å²) < 4.78 is 48.8. The Labute approximate surface area is 197 Å². The van der Waals surface area contributed by atoms with Crippen molar-refractivity contribution in [3.63, 3.8) is 0 Å². The Hall–Kier alpha value is -2.84. The van der Waals surface area contributed by atoms with Crippen molar-refractivity contribution in [2.45, 2.75) is 83.0 Å². The number of esters is 1. The van der Waals surface area contributed by atoms with Crippen LogP contribution >= 0.6 is 0 Å². The number of hydrogen-bond acceptors (Lipinski definition) is 4. The molecule has 1 saturated carbocycles. The second-order valence-electron chi connectivity index (χ2n) is 9.95. The van der Waals surface area contributed by atoms with E-state index in [0.29, 0.717) is 12.8 Å². The molecule has 1 aliphatic heterocycles. The number of amides is 2. The fourth-order valence-corrected chi connectivity index (χ4v) is 4.83. The van der Waals surface area contributed by atoms with Crippen LogP contribution < -0.4 is 5.32 Å². The molecule has 2 amide bonds. The highest BCUT2D eigenvalue weighted by atomic mass is 19.4. The van der Waals surface area contributed by atoms with E-state index in [9.17, 15) is 27.6 Å². The number of allylic oxidation sites excluding steroid dienone is 1. The lowest BCUT2D eigenvalue weighted by Gasteiger charge is -2.36. The Bertz CT molecular complexity index is 1000. The molecular weight excluding hydrogens is 449 g/mol. The molecule has 1 heterocycles. The van der Waals surface area contributed by atoms with E-state index < -0.39 is 41.1 Å². The van der Waals surface area contributed by atoms with Gasteiger partial charge in [0.1, 0.15) is 5.57 Å². The summed E-state index contributed by atoms with van der Waals surface area (Å²) >= 11 is 0. The van der Waals surface area contributed by atoms with Gasteiger partial charge in [-0.1, -0.05) is 52.2 Å². The quantitative estimate of drug-likeness (QED) is 0.638. The molecule has 2 aliphatic rings. The fraction of sp³-hybridized carbons (Fsp3) is 0.560. The molecule has 1 N–H and O–H groups in total. The van der Waals surface area contributed by atoms with E-state index in [1.54, 1.807) is 12.1 Å². The summed E-state index contributed by atoms with van der Waals surface area (Å²) in [4.78, 5) is 40.2. The summed E-state index contributed by atoms with van der Waals surface area (Å²) in [5.41, 5.74) is -3.94. The van der Waals surface area contributed by atoms with Crippen LogP contribution in [-0.4, -0.2) is 47.6 Å². The van der Waals surface area contributed by atoms with Gasteiger partial charge in [-0.15, -0.1) is 0 Å². The third kappa shape index (κ3) is 4.32. The zero-order valence-corrected chi connectivity index (χ0v) is 20.1. The molecule has 1 aliphatic carbocycles. The van der Waals surface area contributed by atoms with E-state index in [1.807, 2.05) is 26.1 Å². The molecule has 0 bridgehead atoms. The Balaban J connectivity index is 2.09. The summed E-state index contributed by atoms with van der Waals surface area (Å²) in [5, 5.41) is 1.91. The van der Waals surface area contributed by atoms with Crippen LogP contribution in [0.5, 0.6) is 0 Å². The molecule has 1 aromatic carbocycles. The van der Waals surface area contributed by atoms with E-state index in [1.165, 1.54) is 19.1 Å². The molecule has 0 aromatic heterocycles. The zero-order valence-electron chi connectivity index (χ0n) is 20.1. The maximum Gasteiger partial charge on any atom is 0.425 e. The van der Waals surface area contributed by atoms with Crippen LogP contribution in [-0.2, 0) is 19.7 Å². The highest BCUT2D eigenvalue weighted by molar-refractivity contribution is 6.11. The van der Waals surface area contributed by atoms with Crippen molar-refractivity contribution in [1.82, 2.24) is 10.2 Å². The maximum atomic E-state index is 14.7. The van der Waals surface area contributed by atoms with Gasteiger partial charge in [-0.25, -0.2) is 4.79 Å². The molecule has 1 fully saturated rings. The molecule has 0 spiro atoms. The first-order valence-corrected chi connectivity index (χ1v) is 11.4. The van der Waals surface area contributed by atoms with Crippen molar-refractivity contribution < 1.29 is 32.3 Å². The molecular formula is C25H31F3N2O4. The number of carbonyl (C=O) groups excluding carboxylic acids is 3. The first-order valence-electron chi connectivity index (χ1n) is 11.4. The second kappa shape index (κ2) is 9.07. The van der Waals surface area contributed by atoms with E-state index in [4.69, 9.17) is 0 Å². The van der Waals surface area contributed by atoms with E-state index in [2.05, 4.69) is 4.74 Å². The van der Waals surface area contributed by atoms with Gasteiger partial charge in [-0.05, 0) is 42.9 Å². The smallest absolute Gasteiger partial charge is 0.425 e. The number of ether oxygens (including phenoxy) is 1. The molecule has 1 aromatic rings. The van der Waals surface area contributed by atoms with Gasteiger partial charge in [-0.2, -0.15) is 13.2 Å². The number of carbonyl (C=O) groups is 3. The Morgan fingerprint density at radius 1 is 1.06 bits per heavy atom. The van der Waals surface area contributed by atoms with Gasteiger partial charge in [0.25, 0.3) is 17.4 Å². The predicted octanol–water partition coefficient (Wildman–Crippen LogP) is 4.64. The van der Waals surface area contributed by atoms with Gasteiger partial charge in [-0.3, -0.25) is 9.59 Å². The summed E-state index contributed by atoms with van der Waals surface area (Å²) in [5.74, 6) is -3.78. The minimum absolute atomic E-state index is 0.0533. The lowest BCUT2D eigenvalue weighted by atomic mass is 9.86. The second-order valence-corrected chi connectivity index (χ2v) is 9.95. The molecule has 0 saturated heterocycles. The van der Waals surface area contributed by atoms with Gasteiger partial charge < -0.3 is 15.0 Å². The first-order chi connectivity index (χ1) is 15.8. The van der Waals surface area contributed by atoms with Crippen LogP contribution in [0.4, 0.5) is 13.2 Å². The van der Waals surface area contributed by atoms with Crippen molar-refractivity contribution in [2.75, 3.05) is 7.11 Å². The molecule has 6 nitrogen and oxygen atoms in total. The minimum atomic E-state index is -5.28. The Morgan fingerprint density at radius 2 is 1.62 bits per heavy atom. The molecule has 3 rings (SSSR count). The predicted molar refractivity (Wildman–Crippen MR) is 120 cm³/mol. The number of benzene rings is 1. The topological polar surface area (TPSA) is 75.7 Å². The largest absolute Gasteiger partial charge is 0.466 e. The highest BCUT2D eigenvalue weighted by Gasteiger charge is 2.71. The molecule has 186 valence electrons. The number of rotatable bonds is 4. The van der Waals surface area contributed by atoms with Crippen molar-refractivity contribution in [2.24, 2.45) is 0 Å². The standard InChI is InChI=1S/C25H31F3N2O4/c1-15-19(21(32)34-5)24(25(26,27)28,22(33)30(15)18-9-7-6-8-10-18)29-20(31)16-11-13-17(14-12-16)23(2,3)4/h11-14,18H,6-10H2,1-5H3,(H,29,31). The van der Waals surface area contributed by atoms with Gasteiger partial charge in [0.05, 0.1) is 7.11 Å². The third-order valence-corrected chi connectivity index (χ3v) is 6.71. The summed E-state index contributed by atoms with van der Waals surface area (Å²) in [6, 6.07) is 5.65. The Kier molecular flexibility index (Phi) is 6.88. The zero-order chi connectivity index (χ0) is 25.5. The van der Waals surface area contributed by atoms with E-state index >= 15 is 0 Å². The van der Waals surface area contributed by atoms with Crippen molar-refractivity contribution in [3.8, 4) is 0 Å². The molecule has 1 atom stereocenters. The SMILES string of the molecule is COC(=O)C1=C(C)N(C2CCCCC2)C(=O)C1(NC(=O)c1ccc(C(C)(C)C)cc1)C(F)(F)F. The van der Waals surface area contributed by atoms with Crippen molar-refractivity contribution in [1.29, 1.82) is 0 Å². The van der Waals surface area contributed by atoms with Crippen molar-refractivity contribution >= 4 is 17.8 Å². The van der Waals surface area contributed by atoms with Crippen LogP contribution in [0.3, 0.4) is 0 Å². The van der Waals surface area contributed by atoms with Crippen LogP contribution in [0.15, 0.2) is 35.5 Å². The fourth-order valence-electron chi connectivity index (χ4n) is 4.83. The van der Waals surface area contributed by atoms with Crippen LogP contribution in [0, 0.1) is 0 Å². The summed E-state index contributed by atoms with van der Waals surface area (Å²) in [7, 11) is 0.949. The number of hydrogen-bond donors (Lipinski definition) is 1. The van der Waals surface area contributed by atoms with E-state index in [-0.39, 0.29) is 16.7 Å².